The largest absolute Gasteiger partial charge is 0.490 e. The standard InChI is InChI=1S/C23H21BrINO3/c1-3-28-21-13-17(23(27)26-19-10-8-18(25)9-11-19)12-20(24)22(21)29-14-16-6-4-15(2)5-7-16/h4-13H,3,14H2,1-2H3,(H,26,27). The van der Waals surface area contributed by atoms with Crippen molar-refractivity contribution in [2.45, 2.75) is 20.5 Å². The molecule has 0 aliphatic rings. The lowest BCUT2D eigenvalue weighted by Gasteiger charge is -2.16. The number of halogens is 2. The van der Waals surface area contributed by atoms with Crippen LogP contribution in [0.5, 0.6) is 11.5 Å². The van der Waals surface area contributed by atoms with E-state index in [4.69, 9.17) is 9.47 Å². The topological polar surface area (TPSA) is 47.6 Å². The zero-order valence-electron chi connectivity index (χ0n) is 16.2. The number of ether oxygens (including phenoxy) is 2. The smallest absolute Gasteiger partial charge is 0.255 e. The highest BCUT2D eigenvalue weighted by Crippen LogP contribution is 2.37. The van der Waals surface area contributed by atoms with Gasteiger partial charge < -0.3 is 14.8 Å². The van der Waals surface area contributed by atoms with Crippen molar-refractivity contribution in [3.63, 3.8) is 0 Å². The van der Waals surface area contributed by atoms with Gasteiger partial charge in [0.1, 0.15) is 6.61 Å². The molecule has 0 aromatic heterocycles. The average molecular weight is 566 g/mol. The van der Waals surface area contributed by atoms with Crippen molar-refractivity contribution in [1.82, 2.24) is 0 Å². The van der Waals surface area contributed by atoms with Crippen molar-refractivity contribution in [2.24, 2.45) is 0 Å². The molecule has 0 saturated carbocycles. The normalized spacial score (nSPS) is 10.5. The maximum Gasteiger partial charge on any atom is 0.255 e. The summed E-state index contributed by atoms with van der Waals surface area (Å²) in [5, 5.41) is 2.91. The molecule has 0 atom stereocenters. The Bertz CT molecular complexity index is 988. The molecule has 1 amide bonds. The summed E-state index contributed by atoms with van der Waals surface area (Å²) in [5.74, 6) is 0.901. The SMILES string of the molecule is CCOc1cc(C(=O)Nc2ccc(I)cc2)cc(Br)c1OCc1ccc(C)cc1. The number of carbonyl (C=O) groups excluding carboxylic acids is 1. The van der Waals surface area contributed by atoms with Crippen molar-refractivity contribution in [3.8, 4) is 11.5 Å². The third kappa shape index (κ3) is 5.96. The fourth-order valence-electron chi connectivity index (χ4n) is 2.68. The predicted molar refractivity (Wildman–Crippen MR) is 128 cm³/mol. The van der Waals surface area contributed by atoms with E-state index in [0.29, 0.717) is 34.7 Å². The summed E-state index contributed by atoms with van der Waals surface area (Å²) in [6.45, 7) is 4.83. The number of carbonyl (C=O) groups is 1. The zero-order chi connectivity index (χ0) is 20.8. The van der Waals surface area contributed by atoms with E-state index in [2.05, 4.69) is 62.9 Å². The van der Waals surface area contributed by atoms with Crippen LogP contribution in [0.1, 0.15) is 28.4 Å². The van der Waals surface area contributed by atoms with Gasteiger partial charge in [-0.1, -0.05) is 29.8 Å². The molecular weight excluding hydrogens is 545 g/mol. The molecule has 0 radical (unpaired) electrons. The Morgan fingerprint density at radius 2 is 1.72 bits per heavy atom. The monoisotopic (exact) mass is 565 g/mol. The van der Waals surface area contributed by atoms with Gasteiger partial charge in [-0.3, -0.25) is 4.79 Å². The summed E-state index contributed by atoms with van der Waals surface area (Å²) in [6.07, 6.45) is 0. The van der Waals surface area contributed by atoms with Crippen LogP contribution in [0.15, 0.2) is 65.1 Å². The van der Waals surface area contributed by atoms with Crippen LogP contribution in [0.25, 0.3) is 0 Å². The third-order valence-electron chi connectivity index (χ3n) is 4.18. The molecule has 0 fully saturated rings. The van der Waals surface area contributed by atoms with Crippen molar-refractivity contribution in [2.75, 3.05) is 11.9 Å². The van der Waals surface area contributed by atoms with Crippen LogP contribution >= 0.6 is 38.5 Å². The zero-order valence-corrected chi connectivity index (χ0v) is 19.9. The molecule has 0 heterocycles. The highest BCUT2D eigenvalue weighted by atomic mass is 127. The van der Waals surface area contributed by atoms with Crippen molar-refractivity contribution < 1.29 is 14.3 Å². The van der Waals surface area contributed by atoms with Gasteiger partial charge in [-0.15, -0.1) is 0 Å². The number of anilines is 1. The maximum absolute atomic E-state index is 12.7. The third-order valence-corrected chi connectivity index (χ3v) is 5.49. The lowest BCUT2D eigenvalue weighted by Crippen LogP contribution is -2.12. The van der Waals surface area contributed by atoms with Crippen LogP contribution in [0.2, 0.25) is 0 Å². The first kappa shape index (κ1) is 21.6. The van der Waals surface area contributed by atoms with E-state index in [1.165, 1.54) is 5.56 Å². The minimum Gasteiger partial charge on any atom is -0.490 e. The summed E-state index contributed by atoms with van der Waals surface area (Å²) >= 11 is 5.76. The van der Waals surface area contributed by atoms with E-state index < -0.39 is 0 Å². The van der Waals surface area contributed by atoms with Gasteiger partial charge in [0, 0.05) is 14.8 Å². The quantitative estimate of drug-likeness (QED) is 0.329. The van der Waals surface area contributed by atoms with Crippen LogP contribution in [0.3, 0.4) is 0 Å². The molecule has 0 spiro atoms. The first-order valence-corrected chi connectivity index (χ1v) is 11.0. The maximum atomic E-state index is 12.7. The number of aryl methyl sites for hydroxylation is 1. The molecule has 150 valence electrons. The molecule has 0 aliphatic heterocycles. The van der Waals surface area contributed by atoms with E-state index in [9.17, 15) is 4.79 Å². The molecule has 3 aromatic rings. The lowest BCUT2D eigenvalue weighted by molar-refractivity contribution is 0.102. The molecule has 29 heavy (non-hydrogen) atoms. The van der Waals surface area contributed by atoms with E-state index in [-0.39, 0.29) is 5.91 Å². The molecule has 0 unspecified atom stereocenters. The molecule has 0 saturated heterocycles. The summed E-state index contributed by atoms with van der Waals surface area (Å²) < 4.78 is 13.5. The van der Waals surface area contributed by atoms with Gasteiger partial charge in [-0.2, -0.15) is 0 Å². The predicted octanol–water partition coefficient (Wildman–Crippen LogP) is 6.59. The Morgan fingerprint density at radius 3 is 2.38 bits per heavy atom. The van der Waals surface area contributed by atoms with Crippen LogP contribution in [0.4, 0.5) is 5.69 Å². The number of benzene rings is 3. The first-order chi connectivity index (χ1) is 14.0. The minimum absolute atomic E-state index is 0.210. The summed E-state index contributed by atoms with van der Waals surface area (Å²) in [7, 11) is 0. The van der Waals surface area contributed by atoms with Crippen LogP contribution in [0, 0.1) is 10.5 Å². The second-order valence-electron chi connectivity index (χ2n) is 6.45. The Morgan fingerprint density at radius 1 is 1.03 bits per heavy atom. The molecule has 4 nitrogen and oxygen atoms in total. The molecule has 0 bridgehead atoms. The average Bonchev–Trinajstić information content (AvgIpc) is 2.70. The van der Waals surface area contributed by atoms with E-state index in [1.807, 2.05) is 43.3 Å². The second-order valence-corrected chi connectivity index (χ2v) is 8.55. The van der Waals surface area contributed by atoms with Gasteiger partial charge in [0.25, 0.3) is 5.91 Å². The Labute approximate surface area is 192 Å². The Balaban J connectivity index is 1.80. The van der Waals surface area contributed by atoms with E-state index >= 15 is 0 Å². The van der Waals surface area contributed by atoms with Crippen LogP contribution in [-0.2, 0) is 6.61 Å². The Kier molecular flexibility index (Phi) is 7.55. The van der Waals surface area contributed by atoms with E-state index in [0.717, 1.165) is 14.8 Å². The van der Waals surface area contributed by atoms with Gasteiger partial charge >= 0.3 is 0 Å². The number of hydrogen-bond acceptors (Lipinski definition) is 3. The van der Waals surface area contributed by atoms with Crippen LogP contribution in [-0.4, -0.2) is 12.5 Å². The summed E-state index contributed by atoms with van der Waals surface area (Å²) in [6, 6.07) is 19.3. The van der Waals surface area contributed by atoms with Crippen molar-refractivity contribution in [3.05, 3.63) is 85.4 Å². The van der Waals surface area contributed by atoms with Gasteiger partial charge in [0.05, 0.1) is 11.1 Å². The number of nitrogens with one attached hydrogen (secondary N) is 1. The molecule has 6 heteroatoms. The van der Waals surface area contributed by atoms with E-state index in [1.54, 1.807) is 12.1 Å². The van der Waals surface area contributed by atoms with Gasteiger partial charge in [0.2, 0.25) is 0 Å². The molecule has 3 rings (SSSR count). The summed E-state index contributed by atoms with van der Waals surface area (Å²) in [4.78, 5) is 12.7. The second kappa shape index (κ2) is 10.1. The lowest BCUT2D eigenvalue weighted by atomic mass is 10.1. The fraction of sp³-hybridized carbons (Fsp3) is 0.174. The number of amides is 1. The van der Waals surface area contributed by atoms with Gasteiger partial charge in [0.15, 0.2) is 11.5 Å². The molecule has 3 aromatic carbocycles. The van der Waals surface area contributed by atoms with Gasteiger partial charge in [-0.05, 0) is 94.3 Å². The molecular formula is C23H21BrINO3. The molecule has 1 N–H and O–H groups in total. The van der Waals surface area contributed by atoms with Crippen LogP contribution < -0.4 is 14.8 Å². The number of rotatable bonds is 7. The highest BCUT2D eigenvalue weighted by Gasteiger charge is 2.16. The highest BCUT2D eigenvalue weighted by molar-refractivity contribution is 14.1. The minimum atomic E-state index is -0.210. The molecule has 0 aliphatic carbocycles. The van der Waals surface area contributed by atoms with Crippen molar-refractivity contribution >= 4 is 50.1 Å². The summed E-state index contributed by atoms with van der Waals surface area (Å²) in [5.41, 5.74) is 3.49. The fourth-order valence-corrected chi connectivity index (χ4v) is 3.59. The van der Waals surface area contributed by atoms with Crippen molar-refractivity contribution in [1.29, 1.82) is 0 Å². The van der Waals surface area contributed by atoms with Gasteiger partial charge in [-0.25, -0.2) is 0 Å². The Hall–Kier alpha value is -2.06. The first-order valence-electron chi connectivity index (χ1n) is 9.18. The number of hydrogen-bond donors (Lipinski definition) is 1.